The maximum Gasteiger partial charge on any atom is 0.203 e. The third-order valence-corrected chi connectivity index (χ3v) is 1.55. The first-order valence-electron chi connectivity index (χ1n) is 3.97. The number of benzene rings is 1. The lowest BCUT2D eigenvalue weighted by Crippen LogP contribution is -2.05. The molecular weight excluding hydrogens is 216 g/mol. The second kappa shape index (κ2) is 4.77. The van der Waals surface area contributed by atoms with Crippen LogP contribution in [0.3, 0.4) is 0 Å². The van der Waals surface area contributed by atoms with E-state index >= 15 is 0 Å². The summed E-state index contributed by atoms with van der Waals surface area (Å²) < 4.78 is 55.4. The summed E-state index contributed by atoms with van der Waals surface area (Å²) in [6.45, 7) is -0.347. The smallest absolute Gasteiger partial charge is 0.203 e. The van der Waals surface area contributed by atoms with E-state index in [-0.39, 0.29) is 19.1 Å². The van der Waals surface area contributed by atoms with Gasteiger partial charge in [-0.1, -0.05) is 0 Å². The van der Waals surface area contributed by atoms with Crippen LogP contribution in [0.25, 0.3) is 0 Å². The van der Waals surface area contributed by atoms with Gasteiger partial charge in [-0.2, -0.15) is 8.78 Å². The molecule has 82 valence electrons. The summed E-state index contributed by atoms with van der Waals surface area (Å²) in [4.78, 5) is 9.88. The molecule has 0 unspecified atom stereocenters. The fraction of sp³-hybridized carbons (Fsp3) is 0.222. The summed E-state index contributed by atoms with van der Waals surface area (Å²) in [5, 5.41) is 0. The predicted octanol–water partition coefficient (Wildman–Crippen LogP) is 2.21. The van der Waals surface area contributed by atoms with Gasteiger partial charge in [-0.3, -0.25) is 0 Å². The maximum atomic E-state index is 12.9. The fourth-order valence-corrected chi connectivity index (χ4v) is 0.887. The zero-order chi connectivity index (χ0) is 11.4. The number of carbonyl (C=O) groups is 1. The number of hydrogen-bond donors (Lipinski definition) is 0. The van der Waals surface area contributed by atoms with Crippen molar-refractivity contribution in [3.05, 3.63) is 29.3 Å². The molecule has 2 nitrogen and oxygen atoms in total. The highest BCUT2D eigenvalue weighted by Crippen LogP contribution is 2.26. The van der Waals surface area contributed by atoms with Gasteiger partial charge in [0.25, 0.3) is 0 Å². The van der Waals surface area contributed by atoms with Crippen molar-refractivity contribution in [2.24, 2.45) is 0 Å². The van der Waals surface area contributed by atoms with Crippen molar-refractivity contribution in [2.75, 3.05) is 6.61 Å². The molecule has 0 heterocycles. The number of halogens is 4. The van der Waals surface area contributed by atoms with Gasteiger partial charge in [0.05, 0.1) is 6.61 Å². The standard InChI is InChI=1S/C9H6F4O2/c10-5-4-6(11)8(13)9(7(5)12)15-3-1-2-14/h2,4H,1,3H2. The third-order valence-electron chi connectivity index (χ3n) is 1.55. The van der Waals surface area contributed by atoms with Crippen LogP contribution in [0.4, 0.5) is 17.6 Å². The molecule has 6 heteroatoms. The molecule has 1 aromatic rings. The van der Waals surface area contributed by atoms with E-state index in [1.54, 1.807) is 0 Å². The van der Waals surface area contributed by atoms with E-state index in [9.17, 15) is 22.4 Å². The second-order valence-electron chi connectivity index (χ2n) is 2.60. The summed E-state index contributed by atoms with van der Waals surface area (Å²) in [6, 6.07) is 0.0806. The molecule has 0 bridgehead atoms. The van der Waals surface area contributed by atoms with Crippen LogP contribution in [0.2, 0.25) is 0 Å². The maximum absolute atomic E-state index is 12.9. The molecule has 0 N–H and O–H groups in total. The van der Waals surface area contributed by atoms with Gasteiger partial charge in [-0.05, 0) is 0 Å². The van der Waals surface area contributed by atoms with E-state index in [1.807, 2.05) is 0 Å². The Labute approximate surface area is 82.5 Å². The normalized spacial score (nSPS) is 10.1. The van der Waals surface area contributed by atoms with Crippen LogP contribution in [0.15, 0.2) is 6.07 Å². The molecular formula is C9H6F4O2. The lowest BCUT2D eigenvalue weighted by atomic mass is 10.3. The highest BCUT2D eigenvalue weighted by Gasteiger charge is 2.20. The Balaban J connectivity index is 2.98. The molecule has 0 saturated heterocycles. The predicted molar refractivity (Wildman–Crippen MR) is 42.5 cm³/mol. The van der Waals surface area contributed by atoms with Crippen molar-refractivity contribution >= 4 is 6.29 Å². The van der Waals surface area contributed by atoms with Gasteiger partial charge in [-0.25, -0.2) is 8.78 Å². The number of carbonyl (C=O) groups excluding carboxylic acids is 1. The SMILES string of the molecule is O=CCCOc1c(F)c(F)cc(F)c1F. The molecule has 15 heavy (non-hydrogen) atoms. The summed E-state index contributed by atoms with van der Waals surface area (Å²) in [6.07, 6.45) is 0.322. The van der Waals surface area contributed by atoms with E-state index in [1.165, 1.54) is 0 Å². The lowest BCUT2D eigenvalue weighted by molar-refractivity contribution is -0.108. The second-order valence-corrected chi connectivity index (χ2v) is 2.60. The van der Waals surface area contributed by atoms with Gasteiger partial charge >= 0.3 is 0 Å². The van der Waals surface area contributed by atoms with Gasteiger partial charge in [0, 0.05) is 12.5 Å². The molecule has 0 spiro atoms. The van der Waals surface area contributed by atoms with Crippen molar-refractivity contribution < 1.29 is 27.1 Å². The van der Waals surface area contributed by atoms with Crippen LogP contribution < -0.4 is 4.74 Å². The Hall–Kier alpha value is -1.59. The highest BCUT2D eigenvalue weighted by molar-refractivity contribution is 5.49. The van der Waals surface area contributed by atoms with Crippen LogP contribution in [0.1, 0.15) is 6.42 Å². The molecule has 0 aliphatic carbocycles. The Morgan fingerprint density at radius 1 is 1.13 bits per heavy atom. The quantitative estimate of drug-likeness (QED) is 0.338. The van der Waals surface area contributed by atoms with Crippen molar-refractivity contribution in [1.29, 1.82) is 0 Å². The Kier molecular flexibility index (Phi) is 3.65. The van der Waals surface area contributed by atoms with Crippen molar-refractivity contribution in [3.63, 3.8) is 0 Å². The van der Waals surface area contributed by atoms with E-state index in [0.717, 1.165) is 0 Å². The highest BCUT2D eigenvalue weighted by atomic mass is 19.2. The van der Waals surface area contributed by atoms with E-state index in [2.05, 4.69) is 4.74 Å². The Morgan fingerprint density at radius 2 is 1.67 bits per heavy atom. The summed E-state index contributed by atoms with van der Waals surface area (Å²) >= 11 is 0. The first-order valence-corrected chi connectivity index (χ1v) is 3.97. The molecule has 0 aliphatic heterocycles. The van der Waals surface area contributed by atoms with Crippen LogP contribution in [0, 0.1) is 23.3 Å². The molecule has 0 saturated carbocycles. The van der Waals surface area contributed by atoms with Crippen LogP contribution >= 0.6 is 0 Å². The Morgan fingerprint density at radius 3 is 2.13 bits per heavy atom. The van der Waals surface area contributed by atoms with Gasteiger partial charge in [0.15, 0.2) is 17.4 Å². The number of aldehydes is 1. The van der Waals surface area contributed by atoms with Gasteiger partial charge in [0.2, 0.25) is 11.6 Å². The largest absolute Gasteiger partial charge is 0.487 e. The van der Waals surface area contributed by atoms with E-state index < -0.39 is 29.0 Å². The van der Waals surface area contributed by atoms with Crippen LogP contribution in [-0.4, -0.2) is 12.9 Å². The minimum atomic E-state index is -1.61. The van der Waals surface area contributed by atoms with Gasteiger partial charge < -0.3 is 9.53 Å². The Bertz CT molecular complexity index is 353. The van der Waals surface area contributed by atoms with Gasteiger partial charge in [-0.15, -0.1) is 0 Å². The first-order chi connectivity index (χ1) is 7.07. The van der Waals surface area contributed by atoms with Crippen LogP contribution in [0.5, 0.6) is 5.75 Å². The minimum absolute atomic E-state index is 0.0806. The average molecular weight is 222 g/mol. The molecule has 1 rings (SSSR count). The summed E-state index contributed by atoms with van der Waals surface area (Å²) in [5.41, 5.74) is 0. The average Bonchev–Trinajstić information content (AvgIpc) is 2.20. The minimum Gasteiger partial charge on any atom is -0.487 e. The fourth-order valence-electron chi connectivity index (χ4n) is 0.887. The number of ether oxygens (including phenoxy) is 1. The van der Waals surface area contributed by atoms with Crippen molar-refractivity contribution in [1.82, 2.24) is 0 Å². The molecule has 0 aromatic heterocycles. The summed E-state index contributed by atoms with van der Waals surface area (Å²) in [5.74, 6) is -7.46. The number of rotatable bonds is 4. The number of hydrogen-bond acceptors (Lipinski definition) is 2. The van der Waals surface area contributed by atoms with Crippen molar-refractivity contribution in [3.8, 4) is 5.75 Å². The first kappa shape index (κ1) is 11.5. The molecule has 0 aliphatic rings. The van der Waals surface area contributed by atoms with E-state index in [0.29, 0.717) is 6.29 Å². The molecule has 0 atom stereocenters. The third kappa shape index (κ3) is 2.45. The zero-order valence-corrected chi connectivity index (χ0v) is 7.40. The monoisotopic (exact) mass is 222 g/mol. The zero-order valence-electron chi connectivity index (χ0n) is 7.40. The van der Waals surface area contributed by atoms with Crippen molar-refractivity contribution in [2.45, 2.75) is 6.42 Å². The molecule has 1 aromatic carbocycles. The van der Waals surface area contributed by atoms with Crippen LogP contribution in [-0.2, 0) is 4.79 Å². The molecule has 0 amide bonds. The lowest BCUT2D eigenvalue weighted by Gasteiger charge is -2.07. The van der Waals surface area contributed by atoms with Gasteiger partial charge in [0.1, 0.15) is 6.29 Å². The summed E-state index contributed by atoms with van der Waals surface area (Å²) in [7, 11) is 0. The topological polar surface area (TPSA) is 26.3 Å². The molecule has 0 fully saturated rings. The van der Waals surface area contributed by atoms with E-state index in [4.69, 9.17) is 0 Å². The molecule has 0 radical (unpaired) electrons.